The van der Waals surface area contributed by atoms with Gasteiger partial charge in [0.25, 0.3) is 0 Å². The van der Waals surface area contributed by atoms with Crippen LogP contribution in [-0.4, -0.2) is 76.1 Å². The predicted octanol–water partition coefficient (Wildman–Crippen LogP) is 0.504. The van der Waals surface area contributed by atoms with Crippen LogP contribution in [0.2, 0.25) is 0 Å². The fourth-order valence-electron chi connectivity index (χ4n) is 4.92. The van der Waals surface area contributed by atoms with Gasteiger partial charge in [-0.25, -0.2) is 9.89 Å². The molecule has 0 spiro atoms. The highest BCUT2D eigenvalue weighted by molar-refractivity contribution is 5.87. The van der Waals surface area contributed by atoms with E-state index in [1.165, 1.54) is 0 Å². The van der Waals surface area contributed by atoms with E-state index in [2.05, 4.69) is 34.3 Å². The SMILES string of the molecule is CC(C)CC[C@]1(C(=O)NCCN(C)C)C[C@H]2CC[C@@H]1N2C(=O)Cc1n[nH]c(=O)[nH]1. The molecule has 2 aliphatic heterocycles. The van der Waals surface area contributed by atoms with Gasteiger partial charge in [0.15, 0.2) is 0 Å². The molecule has 9 heteroatoms. The fraction of sp³-hybridized carbons (Fsp3) is 0.800. The fourth-order valence-corrected chi connectivity index (χ4v) is 4.92. The Balaban J connectivity index is 1.77. The van der Waals surface area contributed by atoms with Gasteiger partial charge in [0.2, 0.25) is 11.8 Å². The number of aromatic nitrogens is 3. The molecule has 3 heterocycles. The molecule has 162 valence electrons. The van der Waals surface area contributed by atoms with Gasteiger partial charge in [0, 0.05) is 25.2 Å². The first-order valence-electron chi connectivity index (χ1n) is 10.6. The lowest BCUT2D eigenvalue weighted by molar-refractivity contribution is -0.137. The smallest absolute Gasteiger partial charge is 0.340 e. The lowest BCUT2D eigenvalue weighted by Gasteiger charge is -2.36. The largest absolute Gasteiger partial charge is 0.354 e. The third-order valence-electron chi connectivity index (χ3n) is 6.36. The molecule has 0 saturated carbocycles. The molecule has 2 bridgehead atoms. The van der Waals surface area contributed by atoms with E-state index in [4.69, 9.17) is 0 Å². The molecule has 0 unspecified atom stereocenters. The summed E-state index contributed by atoms with van der Waals surface area (Å²) >= 11 is 0. The van der Waals surface area contributed by atoms with Crippen LogP contribution in [0.25, 0.3) is 0 Å². The van der Waals surface area contributed by atoms with Crippen LogP contribution in [-0.2, 0) is 16.0 Å². The molecule has 2 saturated heterocycles. The first-order valence-corrected chi connectivity index (χ1v) is 10.6. The van der Waals surface area contributed by atoms with Crippen LogP contribution in [0.3, 0.4) is 0 Å². The number of amides is 2. The molecule has 0 aromatic carbocycles. The van der Waals surface area contributed by atoms with Gasteiger partial charge in [0.05, 0.1) is 11.8 Å². The monoisotopic (exact) mass is 406 g/mol. The van der Waals surface area contributed by atoms with Gasteiger partial charge in [0.1, 0.15) is 5.82 Å². The van der Waals surface area contributed by atoms with Crippen molar-refractivity contribution in [3.05, 3.63) is 16.3 Å². The van der Waals surface area contributed by atoms with Gasteiger partial charge < -0.3 is 15.1 Å². The van der Waals surface area contributed by atoms with Crippen molar-refractivity contribution >= 4 is 11.8 Å². The van der Waals surface area contributed by atoms with E-state index in [1.807, 2.05) is 23.9 Å². The number of hydrogen-bond donors (Lipinski definition) is 3. The third-order valence-corrected chi connectivity index (χ3v) is 6.36. The topological polar surface area (TPSA) is 114 Å². The lowest BCUT2D eigenvalue weighted by atomic mass is 9.69. The minimum Gasteiger partial charge on any atom is -0.354 e. The van der Waals surface area contributed by atoms with Crippen molar-refractivity contribution in [3.8, 4) is 0 Å². The second kappa shape index (κ2) is 8.69. The van der Waals surface area contributed by atoms with Gasteiger partial charge in [-0.2, -0.15) is 5.10 Å². The van der Waals surface area contributed by atoms with Crippen LogP contribution >= 0.6 is 0 Å². The zero-order valence-electron chi connectivity index (χ0n) is 18.0. The Morgan fingerprint density at radius 2 is 2.10 bits per heavy atom. The molecule has 3 rings (SSSR count). The molecule has 0 aliphatic carbocycles. The summed E-state index contributed by atoms with van der Waals surface area (Å²) < 4.78 is 0. The maximum Gasteiger partial charge on any atom is 0.340 e. The summed E-state index contributed by atoms with van der Waals surface area (Å²) in [6.45, 7) is 5.73. The number of fused-ring (bicyclic) bond motifs is 2. The molecule has 3 atom stereocenters. The molecule has 2 amide bonds. The minimum atomic E-state index is -0.520. The normalized spacial score (nSPS) is 25.9. The maximum atomic E-state index is 13.3. The highest BCUT2D eigenvalue weighted by Crippen LogP contribution is 2.53. The average Bonchev–Trinajstić information content (AvgIpc) is 3.33. The van der Waals surface area contributed by atoms with Crippen LogP contribution in [0.1, 0.15) is 51.8 Å². The Morgan fingerprint density at radius 1 is 1.34 bits per heavy atom. The molecule has 9 nitrogen and oxygen atoms in total. The summed E-state index contributed by atoms with van der Waals surface area (Å²) in [4.78, 5) is 44.2. The van der Waals surface area contributed by atoms with Crippen molar-refractivity contribution < 1.29 is 9.59 Å². The first-order chi connectivity index (χ1) is 13.7. The van der Waals surface area contributed by atoms with Crippen molar-refractivity contribution in [1.29, 1.82) is 0 Å². The first kappa shape index (κ1) is 21.5. The number of hydrogen-bond acceptors (Lipinski definition) is 5. The van der Waals surface area contributed by atoms with Crippen LogP contribution < -0.4 is 11.0 Å². The second-order valence-electron chi connectivity index (χ2n) is 9.20. The summed E-state index contributed by atoms with van der Waals surface area (Å²) in [5, 5.41) is 9.30. The van der Waals surface area contributed by atoms with Crippen LogP contribution in [0.4, 0.5) is 0 Å². The Kier molecular flexibility index (Phi) is 6.45. The molecule has 1 aromatic heterocycles. The molecular weight excluding hydrogens is 372 g/mol. The molecule has 3 N–H and O–H groups in total. The highest BCUT2D eigenvalue weighted by Gasteiger charge is 2.60. The van der Waals surface area contributed by atoms with E-state index in [-0.39, 0.29) is 30.3 Å². The highest BCUT2D eigenvalue weighted by atomic mass is 16.2. The molecule has 2 fully saturated rings. The number of carbonyl (C=O) groups is 2. The second-order valence-corrected chi connectivity index (χ2v) is 9.20. The predicted molar refractivity (Wildman–Crippen MR) is 109 cm³/mol. The van der Waals surface area contributed by atoms with Gasteiger partial charge in [-0.05, 0) is 52.1 Å². The Labute approximate surface area is 171 Å². The zero-order valence-corrected chi connectivity index (χ0v) is 18.0. The Bertz CT molecular complexity index is 785. The third kappa shape index (κ3) is 4.55. The quantitative estimate of drug-likeness (QED) is 0.553. The van der Waals surface area contributed by atoms with Gasteiger partial charge >= 0.3 is 5.69 Å². The lowest BCUT2D eigenvalue weighted by Crippen LogP contribution is -2.51. The van der Waals surface area contributed by atoms with E-state index >= 15 is 0 Å². The Hall–Kier alpha value is -2.16. The Morgan fingerprint density at radius 3 is 2.72 bits per heavy atom. The average molecular weight is 407 g/mol. The number of aromatic amines is 2. The van der Waals surface area contributed by atoms with Crippen molar-refractivity contribution in [2.45, 2.75) is 64.5 Å². The van der Waals surface area contributed by atoms with Crippen LogP contribution in [0.5, 0.6) is 0 Å². The zero-order chi connectivity index (χ0) is 21.2. The molecule has 2 aliphatic rings. The standard InChI is InChI=1S/C20H34N6O3/c1-13(2)7-8-20(18(28)21-9-10-25(3)4)12-14-5-6-15(20)26(14)17(27)11-16-22-19(29)24-23-16/h13-15H,5-12H2,1-4H3,(H,21,28)(H2,22,23,24,29)/t14-,15+,20+/m1/s1. The summed E-state index contributed by atoms with van der Waals surface area (Å²) in [6, 6.07) is 0.00805. The maximum absolute atomic E-state index is 13.3. The summed E-state index contributed by atoms with van der Waals surface area (Å²) in [6.07, 6.45) is 4.31. The number of likely N-dealkylation sites (N-methyl/N-ethyl adjacent to an activating group) is 1. The van der Waals surface area contributed by atoms with Crippen molar-refractivity contribution in [1.82, 2.24) is 30.3 Å². The molecule has 1 aromatic rings. The number of H-pyrrole nitrogens is 2. The number of nitrogens with one attached hydrogen (secondary N) is 3. The van der Waals surface area contributed by atoms with Gasteiger partial charge in [-0.15, -0.1) is 0 Å². The summed E-state index contributed by atoms with van der Waals surface area (Å²) in [5.41, 5.74) is -0.933. The number of nitrogens with zero attached hydrogens (tertiary/aromatic N) is 3. The van der Waals surface area contributed by atoms with Crippen LogP contribution in [0.15, 0.2) is 4.79 Å². The molecular formula is C20H34N6O3. The van der Waals surface area contributed by atoms with E-state index in [0.717, 1.165) is 38.6 Å². The van der Waals surface area contributed by atoms with E-state index in [0.29, 0.717) is 18.3 Å². The van der Waals surface area contributed by atoms with Crippen molar-refractivity contribution in [3.63, 3.8) is 0 Å². The van der Waals surface area contributed by atoms with E-state index < -0.39 is 11.1 Å². The summed E-state index contributed by atoms with van der Waals surface area (Å²) in [5.74, 6) is 0.860. The molecule has 0 radical (unpaired) electrons. The minimum absolute atomic E-state index is 0.0499. The van der Waals surface area contributed by atoms with Crippen molar-refractivity contribution in [2.24, 2.45) is 11.3 Å². The van der Waals surface area contributed by atoms with Gasteiger partial charge in [-0.1, -0.05) is 13.8 Å². The number of rotatable bonds is 9. The van der Waals surface area contributed by atoms with Gasteiger partial charge in [-0.3, -0.25) is 14.6 Å². The summed E-state index contributed by atoms with van der Waals surface area (Å²) in [7, 11) is 3.97. The number of carbonyl (C=O) groups excluding carboxylic acids is 2. The van der Waals surface area contributed by atoms with Crippen molar-refractivity contribution in [2.75, 3.05) is 27.2 Å². The van der Waals surface area contributed by atoms with E-state index in [9.17, 15) is 14.4 Å². The van der Waals surface area contributed by atoms with E-state index in [1.54, 1.807) is 0 Å². The molecule has 29 heavy (non-hydrogen) atoms. The van der Waals surface area contributed by atoms with Crippen LogP contribution in [0, 0.1) is 11.3 Å².